The Kier molecular flexibility index (Phi) is 6.36. The van der Waals surface area contributed by atoms with Crippen molar-refractivity contribution >= 4 is 5.91 Å². The number of nitrogens with zero attached hydrogens (tertiary/aromatic N) is 1. The summed E-state index contributed by atoms with van der Waals surface area (Å²) in [5.41, 5.74) is 1.20. The van der Waals surface area contributed by atoms with Gasteiger partial charge in [-0.15, -0.1) is 0 Å². The summed E-state index contributed by atoms with van der Waals surface area (Å²) in [6.45, 7) is 10.2. The van der Waals surface area contributed by atoms with E-state index in [9.17, 15) is 4.79 Å². The zero-order valence-electron chi connectivity index (χ0n) is 16.5. The zero-order chi connectivity index (χ0) is 18.6. The molecule has 3 rings (SSSR count). The van der Waals surface area contributed by atoms with Gasteiger partial charge in [0.05, 0.1) is 6.10 Å². The highest BCUT2D eigenvalue weighted by Gasteiger charge is 2.36. The molecule has 4 nitrogen and oxygen atoms in total. The summed E-state index contributed by atoms with van der Waals surface area (Å²) >= 11 is 0. The molecule has 0 aromatic heterocycles. The van der Waals surface area contributed by atoms with Crippen molar-refractivity contribution in [3.8, 4) is 0 Å². The summed E-state index contributed by atoms with van der Waals surface area (Å²) in [7, 11) is 0. The van der Waals surface area contributed by atoms with Crippen molar-refractivity contribution in [2.24, 2.45) is 11.3 Å². The van der Waals surface area contributed by atoms with Crippen molar-refractivity contribution in [2.45, 2.75) is 58.6 Å². The van der Waals surface area contributed by atoms with Gasteiger partial charge in [-0.1, -0.05) is 51.1 Å². The number of rotatable bonds is 5. The standard InChI is InChI=1S/C22H34N2O2/c1-22(2,3)20-18(12-9-15-26-20)16-23-21(25)19(24-13-7-8-14-24)17-10-5-4-6-11-17/h4-6,10-11,18-20H,7-9,12-16H2,1-3H3,(H,23,25). The fourth-order valence-corrected chi connectivity index (χ4v) is 4.50. The van der Waals surface area contributed by atoms with Crippen LogP contribution in [0.15, 0.2) is 30.3 Å². The maximum absolute atomic E-state index is 13.1. The monoisotopic (exact) mass is 358 g/mol. The molecule has 4 heteroatoms. The molecule has 0 aliphatic carbocycles. The maximum atomic E-state index is 13.1. The molecule has 1 N–H and O–H groups in total. The van der Waals surface area contributed by atoms with Crippen LogP contribution >= 0.6 is 0 Å². The third-order valence-electron chi connectivity index (χ3n) is 5.71. The van der Waals surface area contributed by atoms with E-state index in [0.717, 1.165) is 38.1 Å². The number of carbonyl (C=O) groups is 1. The van der Waals surface area contributed by atoms with Gasteiger partial charge >= 0.3 is 0 Å². The lowest BCUT2D eigenvalue weighted by atomic mass is 9.78. The highest BCUT2D eigenvalue weighted by atomic mass is 16.5. The number of amides is 1. The Labute approximate surface area is 158 Å². The van der Waals surface area contributed by atoms with Crippen molar-refractivity contribution in [1.29, 1.82) is 0 Å². The number of hydrogen-bond donors (Lipinski definition) is 1. The zero-order valence-corrected chi connectivity index (χ0v) is 16.5. The molecule has 2 aliphatic heterocycles. The minimum atomic E-state index is -0.170. The summed E-state index contributed by atoms with van der Waals surface area (Å²) in [5, 5.41) is 3.27. The van der Waals surface area contributed by atoms with Gasteiger partial charge in [0.25, 0.3) is 0 Å². The van der Waals surface area contributed by atoms with Crippen LogP contribution in [0, 0.1) is 11.3 Å². The minimum Gasteiger partial charge on any atom is -0.377 e. The van der Waals surface area contributed by atoms with Gasteiger partial charge in [-0.2, -0.15) is 0 Å². The fourth-order valence-electron chi connectivity index (χ4n) is 4.50. The molecule has 3 unspecified atom stereocenters. The number of carbonyl (C=O) groups excluding carboxylic acids is 1. The van der Waals surface area contributed by atoms with E-state index in [2.05, 4.69) is 43.1 Å². The van der Waals surface area contributed by atoms with Crippen LogP contribution in [-0.2, 0) is 9.53 Å². The van der Waals surface area contributed by atoms with Gasteiger partial charge in [0.15, 0.2) is 0 Å². The lowest BCUT2D eigenvalue weighted by Gasteiger charge is -2.40. The van der Waals surface area contributed by atoms with E-state index >= 15 is 0 Å². The van der Waals surface area contributed by atoms with E-state index in [1.807, 2.05) is 18.2 Å². The number of nitrogens with one attached hydrogen (secondary N) is 1. The van der Waals surface area contributed by atoms with Crippen molar-refractivity contribution in [1.82, 2.24) is 10.2 Å². The summed E-state index contributed by atoms with van der Waals surface area (Å²) in [6, 6.07) is 10.0. The van der Waals surface area contributed by atoms with Crippen LogP contribution in [0.2, 0.25) is 0 Å². The molecule has 26 heavy (non-hydrogen) atoms. The largest absolute Gasteiger partial charge is 0.377 e. The van der Waals surface area contributed by atoms with Gasteiger partial charge in [-0.25, -0.2) is 0 Å². The molecular formula is C22H34N2O2. The lowest BCUT2D eigenvalue weighted by Crippen LogP contribution is -2.47. The summed E-state index contributed by atoms with van der Waals surface area (Å²) < 4.78 is 6.07. The number of likely N-dealkylation sites (tertiary alicyclic amines) is 1. The fraction of sp³-hybridized carbons (Fsp3) is 0.682. The molecule has 0 bridgehead atoms. The summed E-state index contributed by atoms with van der Waals surface area (Å²) in [6.07, 6.45) is 4.78. The van der Waals surface area contributed by atoms with Crippen LogP contribution in [0.1, 0.15) is 58.1 Å². The number of hydrogen-bond acceptors (Lipinski definition) is 3. The van der Waals surface area contributed by atoms with Crippen LogP contribution < -0.4 is 5.32 Å². The number of benzene rings is 1. The van der Waals surface area contributed by atoms with Crippen LogP contribution in [-0.4, -0.2) is 43.2 Å². The average molecular weight is 359 g/mol. The molecule has 144 valence electrons. The van der Waals surface area contributed by atoms with Crippen LogP contribution in [0.5, 0.6) is 0 Å². The Morgan fingerprint density at radius 2 is 1.88 bits per heavy atom. The van der Waals surface area contributed by atoms with E-state index in [1.165, 1.54) is 12.8 Å². The summed E-state index contributed by atoms with van der Waals surface area (Å²) in [4.78, 5) is 15.5. The van der Waals surface area contributed by atoms with Gasteiger partial charge in [-0.3, -0.25) is 9.69 Å². The van der Waals surface area contributed by atoms with Crippen LogP contribution in [0.4, 0.5) is 0 Å². The lowest BCUT2D eigenvalue weighted by molar-refractivity contribution is -0.128. The Morgan fingerprint density at radius 3 is 2.54 bits per heavy atom. The average Bonchev–Trinajstić information content (AvgIpc) is 3.15. The SMILES string of the molecule is CC(C)(C)C1OCCCC1CNC(=O)C(c1ccccc1)N1CCCC1. The topological polar surface area (TPSA) is 41.6 Å². The van der Waals surface area contributed by atoms with Gasteiger partial charge in [-0.05, 0) is 49.8 Å². The second-order valence-corrected chi connectivity index (χ2v) is 8.86. The smallest absolute Gasteiger partial charge is 0.241 e. The second-order valence-electron chi connectivity index (χ2n) is 8.86. The van der Waals surface area contributed by atoms with Crippen LogP contribution in [0.3, 0.4) is 0 Å². The Hall–Kier alpha value is -1.39. The molecule has 0 saturated carbocycles. The Bertz CT molecular complexity index is 576. The van der Waals surface area contributed by atoms with E-state index in [1.54, 1.807) is 0 Å². The first kappa shape index (κ1) is 19.4. The highest BCUT2D eigenvalue weighted by Crippen LogP contribution is 2.34. The van der Waals surface area contributed by atoms with Crippen molar-refractivity contribution in [2.75, 3.05) is 26.2 Å². The van der Waals surface area contributed by atoms with E-state index < -0.39 is 0 Å². The van der Waals surface area contributed by atoms with Crippen molar-refractivity contribution in [3.05, 3.63) is 35.9 Å². The van der Waals surface area contributed by atoms with Gasteiger partial charge in [0.2, 0.25) is 5.91 Å². The van der Waals surface area contributed by atoms with E-state index in [-0.39, 0.29) is 23.5 Å². The molecule has 0 spiro atoms. The second kappa shape index (κ2) is 8.53. The maximum Gasteiger partial charge on any atom is 0.241 e. The third kappa shape index (κ3) is 4.66. The molecule has 2 aliphatic rings. The van der Waals surface area contributed by atoms with Crippen LogP contribution in [0.25, 0.3) is 0 Å². The molecule has 2 fully saturated rings. The van der Waals surface area contributed by atoms with Crippen molar-refractivity contribution < 1.29 is 9.53 Å². The van der Waals surface area contributed by atoms with Gasteiger partial charge in [0, 0.05) is 19.1 Å². The molecule has 2 saturated heterocycles. The molecule has 1 aromatic carbocycles. The molecule has 1 aromatic rings. The first-order valence-electron chi connectivity index (χ1n) is 10.1. The predicted octanol–water partition coefficient (Wildman–Crippen LogP) is 3.78. The minimum absolute atomic E-state index is 0.101. The van der Waals surface area contributed by atoms with E-state index in [4.69, 9.17) is 4.74 Å². The third-order valence-corrected chi connectivity index (χ3v) is 5.71. The predicted molar refractivity (Wildman–Crippen MR) is 105 cm³/mol. The van der Waals surface area contributed by atoms with E-state index in [0.29, 0.717) is 12.5 Å². The molecular weight excluding hydrogens is 324 g/mol. The first-order chi connectivity index (χ1) is 12.5. The Balaban J connectivity index is 1.67. The Morgan fingerprint density at radius 1 is 1.19 bits per heavy atom. The first-order valence-corrected chi connectivity index (χ1v) is 10.1. The van der Waals surface area contributed by atoms with Gasteiger partial charge in [0.1, 0.15) is 6.04 Å². The highest BCUT2D eigenvalue weighted by molar-refractivity contribution is 5.83. The van der Waals surface area contributed by atoms with Gasteiger partial charge < -0.3 is 10.1 Å². The molecule has 0 radical (unpaired) electrons. The number of ether oxygens (including phenoxy) is 1. The van der Waals surface area contributed by atoms with Crippen molar-refractivity contribution in [3.63, 3.8) is 0 Å². The normalized spacial score (nSPS) is 25.8. The molecule has 3 atom stereocenters. The molecule has 1 amide bonds. The quantitative estimate of drug-likeness (QED) is 0.871. The summed E-state index contributed by atoms with van der Waals surface area (Å²) in [5.74, 6) is 0.527. The molecule has 2 heterocycles.